The largest absolute Gasteiger partial charge is 0.387 e. The molecular weight excluding hydrogens is 386 g/mol. The molecule has 2 aromatic heterocycles. The minimum atomic E-state index is -1.15. The Hall–Kier alpha value is -2.63. The molecule has 0 spiro atoms. The molecule has 30 heavy (non-hydrogen) atoms. The minimum absolute atomic E-state index is 0.242. The van der Waals surface area contributed by atoms with Gasteiger partial charge in [0, 0.05) is 12.1 Å². The van der Waals surface area contributed by atoms with Crippen LogP contribution >= 0.6 is 0 Å². The van der Waals surface area contributed by atoms with Gasteiger partial charge in [0.2, 0.25) is 0 Å². The summed E-state index contributed by atoms with van der Waals surface area (Å²) >= 11 is 0. The number of nitrogens with two attached hydrogens (primary N) is 1. The van der Waals surface area contributed by atoms with Crippen LogP contribution < -0.4 is 16.4 Å². The average molecular weight is 413 g/mol. The van der Waals surface area contributed by atoms with Gasteiger partial charge in [-0.2, -0.15) is 0 Å². The zero-order valence-electron chi connectivity index (χ0n) is 16.8. The van der Waals surface area contributed by atoms with E-state index in [1.807, 2.05) is 37.4 Å². The molecule has 0 saturated carbocycles. The predicted octanol–water partition coefficient (Wildman–Crippen LogP) is -0.106. The quantitative estimate of drug-likeness (QED) is 0.320. The van der Waals surface area contributed by atoms with Crippen molar-refractivity contribution in [1.82, 2.24) is 30.2 Å². The van der Waals surface area contributed by atoms with Gasteiger partial charge in [0.25, 0.3) is 0 Å². The summed E-state index contributed by atoms with van der Waals surface area (Å²) in [5.41, 5.74) is 7.70. The third kappa shape index (κ3) is 3.87. The van der Waals surface area contributed by atoms with Crippen LogP contribution in [-0.2, 0) is 4.74 Å². The SMILES string of the molecule is CNCCCNC[C@H]1O[C@@H](n2c(-c3ccccc3)nc3c(N)ncnc32)[C@H](O)[C@@H]1O. The number of hydrogen-bond donors (Lipinski definition) is 5. The number of hydrogen-bond acceptors (Lipinski definition) is 9. The first-order valence-corrected chi connectivity index (χ1v) is 10.0. The van der Waals surface area contributed by atoms with Gasteiger partial charge < -0.3 is 31.3 Å². The zero-order chi connectivity index (χ0) is 21.1. The van der Waals surface area contributed by atoms with Crippen molar-refractivity contribution in [2.75, 3.05) is 32.4 Å². The average Bonchev–Trinajstić information content (AvgIpc) is 3.28. The molecule has 4 rings (SSSR count). The number of benzene rings is 1. The normalized spacial score (nSPS) is 24.0. The molecule has 1 aliphatic heterocycles. The van der Waals surface area contributed by atoms with Crippen LogP contribution in [0.4, 0.5) is 5.82 Å². The van der Waals surface area contributed by atoms with E-state index < -0.39 is 24.5 Å². The maximum Gasteiger partial charge on any atom is 0.168 e. The van der Waals surface area contributed by atoms with E-state index in [2.05, 4.69) is 25.6 Å². The number of nitrogens with zero attached hydrogens (tertiary/aromatic N) is 4. The molecule has 1 aromatic carbocycles. The summed E-state index contributed by atoms with van der Waals surface area (Å²) in [4.78, 5) is 13.0. The smallest absolute Gasteiger partial charge is 0.168 e. The van der Waals surface area contributed by atoms with Gasteiger partial charge >= 0.3 is 0 Å². The Morgan fingerprint density at radius 2 is 1.93 bits per heavy atom. The molecule has 4 atom stereocenters. The maximum absolute atomic E-state index is 10.8. The van der Waals surface area contributed by atoms with E-state index in [1.165, 1.54) is 6.33 Å². The summed E-state index contributed by atoms with van der Waals surface area (Å²) in [6.45, 7) is 2.10. The molecule has 10 heteroatoms. The van der Waals surface area contributed by atoms with Crippen LogP contribution in [0.15, 0.2) is 36.7 Å². The number of rotatable bonds is 8. The fraction of sp³-hybridized carbons (Fsp3) is 0.450. The van der Waals surface area contributed by atoms with Crippen LogP contribution in [-0.4, -0.2) is 74.7 Å². The summed E-state index contributed by atoms with van der Waals surface area (Å²) in [7, 11) is 1.90. The van der Waals surface area contributed by atoms with E-state index in [0.29, 0.717) is 23.5 Å². The zero-order valence-corrected chi connectivity index (χ0v) is 16.8. The van der Waals surface area contributed by atoms with E-state index in [-0.39, 0.29) is 5.82 Å². The van der Waals surface area contributed by atoms with E-state index in [1.54, 1.807) is 4.57 Å². The van der Waals surface area contributed by atoms with Crippen molar-refractivity contribution < 1.29 is 14.9 Å². The van der Waals surface area contributed by atoms with Crippen LogP contribution in [0.3, 0.4) is 0 Å². The summed E-state index contributed by atoms with van der Waals surface area (Å²) < 4.78 is 7.78. The number of fused-ring (bicyclic) bond motifs is 1. The second-order valence-corrected chi connectivity index (χ2v) is 7.31. The molecule has 6 N–H and O–H groups in total. The molecule has 10 nitrogen and oxygen atoms in total. The molecule has 0 bridgehead atoms. The Bertz CT molecular complexity index is 981. The van der Waals surface area contributed by atoms with Gasteiger partial charge in [-0.1, -0.05) is 30.3 Å². The van der Waals surface area contributed by atoms with Crippen LogP contribution in [0.5, 0.6) is 0 Å². The third-order valence-electron chi connectivity index (χ3n) is 5.25. The molecule has 3 heterocycles. The van der Waals surface area contributed by atoms with Crippen molar-refractivity contribution in [3.05, 3.63) is 36.7 Å². The molecule has 0 unspecified atom stereocenters. The van der Waals surface area contributed by atoms with Crippen molar-refractivity contribution in [2.24, 2.45) is 0 Å². The van der Waals surface area contributed by atoms with Gasteiger partial charge in [0.1, 0.15) is 30.5 Å². The van der Waals surface area contributed by atoms with Gasteiger partial charge in [-0.3, -0.25) is 4.57 Å². The lowest BCUT2D eigenvalue weighted by atomic mass is 10.1. The highest BCUT2D eigenvalue weighted by atomic mass is 16.6. The summed E-state index contributed by atoms with van der Waals surface area (Å²) in [6, 6.07) is 9.50. The number of nitrogens with one attached hydrogen (secondary N) is 2. The number of aromatic nitrogens is 4. The van der Waals surface area contributed by atoms with Crippen molar-refractivity contribution in [3.8, 4) is 11.4 Å². The number of anilines is 1. The highest BCUT2D eigenvalue weighted by Crippen LogP contribution is 2.36. The first-order valence-electron chi connectivity index (χ1n) is 10.0. The Labute approximate surface area is 174 Å². The number of nitrogen functional groups attached to an aromatic ring is 1. The topological polar surface area (TPSA) is 143 Å². The molecular formula is C20H27N7O3. The Balaban J connectivity index is 1.66. The molecule has 3 aromatic rings. The first kappa shape index (κ1) is 20.6. The highest BCUT2D eigenvalue weighted by molar-refractivity contribution is 5.85. The Morgan fingerprint density at radius 1 is 1.13 bits per heavy atom. The Morgan fingerprint density at radius 3 is 2.70 bits per heavy atom. The second kappa shape index (κ2) is 9.02. The lowest BCUT2D eigenvalue weighted by Gasteiger charge is -2.19. The molecule has 1 aliphatic rings. The van der Waals surface area contributed by atoms with Crippen molar-refractivity contribution >= 4 is 17.0 Å². The van der Waals surface area contributed by atoms with Crippen molar-refractivity contribution in [3.63, 3.8) is 0 Å². The number of ether oxygens (including phenoxy) is 1. The number of aliphatic hydroxyl groups is 2. The molecule has 0 amide bonds. The number of aliphatic hydroxyl groups excluding tert-OH is 2. The van der Waals surface area contributed by atoms with Crippen molar-refractivity contribution in [1.29, 1.82) is 0 Å². The Kier molecular flexibility index (Phi) is 6.21. The summed E-state index contributed by atoms with van der Waals surface area (Å²) in [5.74, 6) is 0.781. The van der Waals surface area contributed by atoms with E-state index in [0.717, 1.165) is 25.1 Å². The first-order chi connectivity index (χ1) is 14.6. The molecule has 1 saturated heterocycles. The molecule has 0 aliphatic carbocycles. The molecule has 160 valence electrons. The van der Waals surface area contributed by atoms with Crippen LogP contribution in [0.1, 0.15) is 12.6 Å². The van der Waals surface area contributed by atoms with Crippen LogP contribution in [0.2, 0.25) is 0 Å². The lowest BCUT2D eigenvalue weighted by molar-refractivity contribution is -0.0331. The molecule has 0 radical (unpaired) electrons. The van der Waals surface area contributed by atoms with E-state index >= 15 is 0 Å². The number of imidazole rings is 1. The van der Waals surface area contributed by atoms with Gasteiger partial charge in [0.15, 0.2) is 23.2 Å². The second-order valence-electron chi connectivity index (χ2n) is 7.31. The van der Waals surface area contributed by atoms with Crippen LogP contribution in [0, 0.1) is 0 Å². The van der Waals surface area contributed by atoms with Gasteiger partial charge in [-0.05, 0) is 26.6 Å². The van der Waals surface area contributed by atoms with E-state index in [4.69, 9.17) is 10.5 Å². The fourth-order valence-electron chi connectivity index (χ4n) is 3.70. The predicted molar refractivity (Wildman–Crippen MR) is 113 cm³/mol. The summed E-state index contributed by atoms with van der Waals surface area (Å²) in [6.07, 6.45) is -1.33. The van der Waals surface area contributed by atoms with Gasteiger partial charge in [0.05, 0.1) is 0 Å². The maximum atomic E-state index is 10.8. The fourth-order valence-corrected chi connectivity index (χ4v) is 3.70. The third-order valence-corrected chi connectivity index (χ3v) is 5.25. The highest BCUT2D eigenvalue weighted by Gasteiger charge is 2.45. The molecule has 1 fully saturated rings. The van der Waals surface area contributed by atoms with E-state index in [9.17, 15) is 10.2 Å². The van der Waals surface area contributed by atoms with Gasteiger partial charge in [-0.15, -0.1) is 0 Å². The lowest BCUT2D eigenvalue weighted by Crippen LogP contribution is -2.38. The minimum Gasteiger partial charge on any atom is -0.387 e. The standard InChI is InChI=1S/C20H27N7O3/c1-22-8-5-9-23-10-13-15(28)16(29)20(30-13)27-18(12-6-3-2-4-7-12)26-14-17(21)24-11-25-19(14)27/h2-4,6-7,11,13,15-16,20,22-23,28-29H,5,8-10H2,1H3,(H2,21,24,25)/t13-,15-,16-,20-/m1/s1. The monoisotopic (exact) mass is 413 g/mol. The van der Waals surface area contributed by atoms with Gasteiger partial charge in [-0.25, -0.2) is 15.0 Å². The van der Waals surface area contributed by atoms with Crippen LogP contribution in [0.25, 0.3) is 22.6 Å². The summed E-state index contributed by atoms with van der Waals surface area (Å²) in [5, 5.41) is 27.8. The van der Waals surface area contributed by atoms with Crippen molar-refractivity contribution in [2.45, 2.75) is 31.0 Å².